The first-order chi connectivity index (χ1) is 23.7. The molecule has 8 rings (SSSR count). The van der Waals surface area contributed by atoms with Crippen molar-refractivity contribution >= 4 is 45.0 Å². The van der Waals surface area contributed by atoms with Crippen LogP contribution in [0.2, 0.25) is 5.02 Å². The van der Waals surface area contributed by atoms with E-state index < -0.39 is 29.7 Å². The molecule has 4 aliphatic rings. The van der Waals surface area contributed by atoms with E-state index in [4.69, 9.17) is 16.3 Å². The Hall–Kier alpha value is -4.00. The Kier molecular flexibility index (Phi) is 8.36. The van der Waals surface area contributed by atoms with E-state index in [1.807, 2.05) is 30.3 Å². The van der Waals surface area contributed by atoms with Gasteiger partial charge >= 0.3 is 6.01 Å². The average molecular weight is 692 g/mol. The quantitative estimate of drug-likeness (QED) is 0.243. The van der Waals surface area contributed by atoms with Crippen LogP contribution in [0.25, 0.3) is 32.9 Å². The van der Waals surface area contributed by atoms with Crippen LogP contribution in [0, 0.1) is 5.82 Å². The van der Waals surface area contributed by atoms with Crippen LogP contribution in [0.5, 0.6) is 6.01 Å². The van der Waals surface area contributed by atoms with Crippen LogP contribution < -0.4 is 15.0 Å². The van der Waals surface area contributed by atoms with Crippen molar-refractivity contribution in [1.82, 2.24) is 30.1 Å². The predicted molar refractivity (Wildman–Crippen MR) is 183 cm³/mol. The molecule has 6 heterocycles. The molecule has 0 unspecified atom stereocenters. The van der Waals surface area contributed by atoms with Crippen LogP contribution in [0.15, 0.2) is 54.7 Å². The molecule has 0 radical (unpaired) electrons. The van der Waals surface area contributed by atoms with Crippen molar-refractivity contribution in [2.75, 3.05) is 51.3 Å². The number of anilines is 1. The van der Waals surface area contributed by atoms with Gasteiger partial charge < -0.3 is 19.9 Å². The third kappa shape index (κ3) is 5.77. The third-order valence-electron chi connectivity index (χ3n) is 10.7. The maximum absolute atomic E-state index is 16.8. The maximum Gasteiger partial charge on any atom is 0.319 e. The average Bonchev–Trinajstić information content (AvgIpc) is 3.74. The van der Waals surface area contributed by atoms with E-state index in [2.05, 4.69) is 25.2 Å². The molecule has 4 saturated heterocycles. The van der Waals surface area contributed by atoms with Crippen molar-refractivity contribution in [3.63, 3.8) is 0 Å². The number of hydrogen-bond acceptors (Lipinski definition) is 8. The van der Waals surface area contributed by atoms with Gasteiger partial charge in [-0.3, -0.25) is 14.7 Å². The summed E-state index contributed by atoms with van der Waals surface area (Å²) in [4.78, 5) is 31.9. The molecule has 1 N–H and O–H groups in total. The Morgan fingerprint density at radius 3 is 2.80 bits per heavy atom. The zero-order chi connectivity index (χ0) is 33.9. The van der Waals surface area contributed by atoms with E-state index in [0.717, 1.165) is 37.7 Å². The number of alkyl halides is 2. The Bertz CT molecular complexity index is 1960. The molecule has 4 aliphatic heterocycles. The SMILES string of the molecule is CN(c1nc(OC[C@@]23CCCN2C[C@H](F)C3)nc2c(F)c(-c3cccc4cccc(Cl)c34)ncc12)[C@@H]1CN(C(=O)/C=C/[C@@H]2CCN2)C[C@H]1F. The number of fused-ring (bicyclic) bond motifs is 3. The van der Waals surface area contributed by atoms with Crippen molar-refractivity contribution < 1.29 is 22.7 Å². The molecular weight excluding hydrogens is 655 g/mol. The number of carbonyl (C=O) groups is 1. The van der Waals surface area contributed by atoms with Gasteiger partial charge in [0, 0.05) is 60.8 Å². The number of benzene rings is 2. The molecule has 0 saturated carbocycles. The summed E-state index contributed by atoms with van der Waals surface area (Å²) >= 11 is 6.59. The van der Waals surface area contributed by atoms with Gasteiger partial charge in [0.1, 0.15) is 36.0 Å². The number of nitrogens with one attached hydrogen (secondary N) is 1. The monoisotopic (exact) mass is 691 g/mol. The van der Waals surface area contributed by atoms with Crippen LogP contribution in [0.4, 0.5) is 19.0 Å². The lowest BCUT2D eigenvalue weighted by Crippen LogP contribution is -2.43. The van der Waals surface area contributed by atoms with Gasteiger partial charge in [0.2, 0.25) is 5.91 Å². The summed E-state index contributed by atoms with van der Waals surface area (Å²) in [6.45, 7) is 2.22. The number of nitrogens with zero attached hydrogens (tertiary/aromatic N) is 6. The Morgan fingerprint density at radius 2 is 2.00 bits per heavy atom. The second-order valence-electron chi connectivity index (χ2n) is 13.7. The number of hydrogen-bond donors (Lipinski definition) is 1. The second-order valence-corrected chi connectivity index (χ2v) is 14.1. The molecule has 4 fully saturated rings. The number of pyridine rings is 1. The van der Waals surface area contributed by atoms with Gasteiger partial charge in [-0.25, -0.2) is 13.2 Å². The number of amides is 1. The largest absolute Gasteiger partial charge is 0.461 e. The van der Waals surface area contributed by atoms with Gasteiger partial charge in [0.15, 0.2) is 5.82 Å². The molecule has 5 atom stereocenters. The van der Waals surface area contributed by atoms with Crippen LogP contribution in [0.1, 0.15) is 25.7 Å². The zero-order valence-electron chi connectivity index (χ0n) is 27.1. The number of rotatable bonds is 8. The number of carbonyl (C=O) groups excluding carboxylic acids is 1. The lowest BCUT2D eigenvalue weighted by atomic mass is 9.95. The fourth-order valence-electron chi connectivity index (χ4n) is 7.91. The first kappa shape index (κ1) is 32.2. The highest BCUT2D eigenvalue weighted by molar-refractivity contribution is 6.36. The summed E-state index contributed by atoms with van der Waals surface area (Å²) in [5, 5.41) is 5.42. The van der Waals surface area contributed by atoms with Gasteiger partial charge in [-0.2, -0.15) is 9.97 Å². The fraction of sp³-hybridized carbons (Fsp3) is 0.444. The van der Waals surface area contributed by atoms with E-state index in [1.54, 1.807) is 24.1 Å². The minimum absolute atomic E-state index is 0.0475. The zero-order valence-corrected chi connectivity index (χ0v) is 27.8. The summed E-state index contributed by atoms with van der Waals surface area (Å²) < 4.78 is 53.2. The molecule has 4 aromatic rings. The highest BCUT2D eigenvalue weighted by Crippen LogP contribution is 2.41. The molecule has 2 aromatic carbocycles. The fourth-order valence-corrected chi connectivity index (χ4v) is 8.19. The molecule has 49 heavy (non-hydrogen) atoms. The molecule has 256 valence electrons. The minimum Gasteiger partial charge on any atom is -0.461 e. The van der Waals surface area contributed by atoms with Crippen molar-refractivity contribution in [2.24, 2.45) is 0 Å². The van der Waals surface area contributed by atoms with Crippen molar-refractivity contribution in [2.45, 2.75) is 55.6 Å². The standard InChI is InChI=1S/C36H37ClF3N7O2/c1-45(28-19-46(18-27(28)39)29(48)10-9-23-11-13-41-23)34-25-16-42-32(24-7-2-5-21-6-3-8-26(37)30(21)24)31(40)33(25)43-35(44-34)49-20-36-12-4-14-47(36)17-22(38)15-36/h2-3,5-10,16,22-23,27-28,41H,4,11-15,17-20H2,1H3/b10-9+/t22-,23-,27-,28-,36+/m1/s1. The lowest BCUT2D eigenvalue weighted by molar-refractivity contribution is -0.125. The van der Waals surface area contributed by atoms with E-state index in [0.29, 0.717) is 28.9 Å². The summed E-state index contributed by atoms with van der Waals surface area (Å²) in [6, 6.07) is 10.2. The van der Waals surface area contributed by atoms with Crippen molar-refractivity contribution in [3.05, 3.63) is 65.6 Å². The Morgan fingerprint density at radius 1 is 1.18 bits per heavy atom. The van der Waals surface area contributed by atoms with Crippen LogP contribution in [-0.4, -0.2) is 107 Å². The molecule has 2 aromatic heterocycles. The minimum atomic E-state index is -1.39. The first-order valence-corrected chi connectivity index (χ1v) is 17.2. The second kappa shape index (κ2) is 12.7. The number of ether oxygens (including phenoxy) is 1. The highest BCUT2D eigenvalue weighted by atomic mass is 35.5. The van der Waals surface area contributed by atoms with Crippen LogP contribution >= 0.6 is 11.6 Å². The Labute approximate surface area is 287 Å². The van der Waals surface area contributed by atoms with Gasteiger partial charge in [-0.1, -0.05) is 48.0 Å². The van der Waals surface area contributed by atoms with Crippen molar-refractivity contribution in [3.8, 4) is 17.3 Å². The lowest BCUT2D eigenvalue weighted by Gasteiger charge is -2.31. The molecule has 0 aliphatic carbocycles. The van der Waals surface area contributed by atoms with Crippen molar-refractivity contribution in [1.29, 1.82) is 0 Å². The normalized spacial score (nSPS) is 26.9. The van der Waals surface area contributed by atoms with Gasteiger partial charge in [0.25, 0.3) is 0 Å². The summed E-state index contributed by atoms with van der Waals surface area (Å²) in [5.74, 6) is -0.745. The van der Waals surface area contributed by atoms with E-state index >= 15 is 8.78 Å². The summed E-state index contributed by atoms with van der Waals surface area (Å²) in [5.41, 5.74) is 0.0195. The third-order valence-corrected chi connectivity index (χ3v) is 11.0. The summed E-state index contributed by atoms with van der Waals surface area (Å²) in [6.07, 6.45) is 5.47. The van der Waals surface area contributed by atoms with E-state index in [-0.39, 0.29) is 60.1 Å². The molecule has 0 bridgehead atoms. The molecule has 13 heteroatoms. The van der Waals surface area contributed by atoms with Crippen LogP contribution in [0.3, 0.4) is 0 Å². The van der Waals surface area contributed by atoms with E-state index in [9.17, 15) is 9.18 Å². The number of likely N-dealkylation sites (N-methyl/N-ethyl adjacent to an activating group) is 1. The highest BCUT2D eigenvalue weighted by Gasteiger charge is 2.49. The topological polar surface area (TPSA) is 86.7 Å². The van der Waals surface area contributed by atoms with Crippen LogP contribution in [-0.2, 0) is 4.79 Å². The number of aromatic nitrogens is 3. The van der Waals surface area contributed by atoms with Gasteiger partial charge in [0.05, 0.1) is 23.5 Å². The molecular formula is C36H37ClF3N7O2. The number of halogens is 4. The molecule has 9 nitrogen and oxygen atoms in total. The molecule has 0 spiro atoms. The van der Waals surface area contributed by atoms with Gasteiger partial charge in [-0.05, 0) is 43.8 Å². The maximum atomic E-state index is 16.8. The van der Waals surface area contributed by atoms with Gasteiger partial charge in [-0.15, -0.1) is 0 Å². The smallest absolute Gasteiger partial charge is 0.319 e. The van der Waals surface area contributed by atoms with E-state index in [1.165, 1.54) is 17.2 Å². The Balaban J connectivity index is 1.17. The number of likely N-dealkylation sites (tertiary alicyclic amines) is 1. The molecule has 1 amide bonds. The predicted octanol–water partition coefficient (Wildman–Crippen LogP) is 5.50. The summed E-state index contributed by atoms with van der Waals surface area (Å²) in [7, 11) is 1.67. The first-order valence-electron chi connectivity index (χ1n) is 16.8.